The fourth-order valence-corrected chi connectivity index (χ4v) is 2.23. The molecular weight excluding hydrogens is 328 g/mol. The van der Waals surface area contributed by atoms with Crippen LogP contribution in [0.5, 0.6) is 0 Å². The summed E-state index contributed by atoms with van der Waals surface area (Å²) in [6.45, 7) is 2.72. The van der Waals surface area contributed by atoms with Gasteiger partial charge in [-0.25, -0.2) is 4.79 Å². The van der Waals surface area contributed by atoms with Gasteiger partial charge >= 0.3 is 6.03 Å². The molecule has 0 aliphatic carbocycles. The summed E-state index contributed by atoms with van der Waals surface area (Å²) in [7, 11) is 1.94. The van der Waals surface area contributed by atoms with Crippen molar-refractivity contribution in [1.29, 1.82) is 0 Å². The van der Waals surface area contributed by atoms with Crippen molar-refractivity contribution < 1.29 is 9.59 Å². The number of aryl methyl sites for hydroxylation is 1. The third kappa shape index (κ3) is 5.31. The molecule has 7 heteroatoms. The van der Waals surface area contributed by atoms with E-state index >= 15 is 0 Å². The molecule has 0 unspecified atom stereocenters. The number of halogens is 1. The van der Waals surface area contributed by atoms with Gasteiger partial charge in [0.05, 0.1) is 13.1 Å². The largest absolute Gasteiger partial charge is 0.350 e. The first-order valence-corrected chi connectivity index (χ1v) is 7.97. The van der Waals surface area contributed by atoms with E-state index in [0.717, 1.165) is 17.0 Å². The van der Waals surface area contributed by atoms with Crippen LogP contribution in [0.15, 0.2) is 36.4 Å². The number of rotatable bonds is 6. The van der Waals surface area contributed by atoms with Gasteiger partial charge < -0.3 is 20.5 Å². The molecule has 0 saturated carbocycles. The lowest BCUT2D eigenvalue weighted by atomic mass is 10.2. The lowest BCUT2D eigenvalue weighted by molar-refractivity contribution is -0.120. The number of aromatic nitrogens is 1. The molecule has 1 aromatic heterocycles. The van der Waals surface area contributed by atoms with E-state index in [-0.39, 0.29) is 12.5 Å². The fraction of sp³-hybridized carbons (Fsp3) is 0.294. The van der Waals surface area contributed by atoms with E-state index < -0.39 is 6.03 Å². The number of benzene rings is 1. The quantitative estimate of drug-likeness (QED) is 0.747. The maximum atomic E-state index is 11.8. The van der Waals surface area contributed by atoms with E-state index in [2.05, 4.69) is 16.0 Å². The molecule has 6 nitrogen and oxygen atoms in total. The topological polar surface area (TPSA) is 75.2 Å². The van der Waals surface area contributed by atoms with Crippen molar-refractivity contribution in [2.45, 2.75) is 20.0 Å². The number of carbonyl (C=O) groups excluding carboxylic acids is 2. The number of carbonyl (C=O) groups is 2. The van der Waals surface area contributed by atoms with Crippen molar-refractivity contribution in [1.82, 2.24) is 20.5 Å². The van der Waals surface area contributed by atoms with Gasteiger partial charge in [-0.05, 0) is 36.8 Å². The van der Waals surface area contributed by atoms with Crippen molar-refractivity contribution in [3.63, 3.8) is 0 Å². The lowest BCUT2D eigenvalue weighted by Gasteiger charge is -2.09. The molecule has 1 heterocycles. The molecule has 0 spiro atoms. The molecule has 0 saturated heterocycles. The van der Waals surface area contributed by atoms with Gasteiger partial charge in [0.2, 0.25) is 5.91 Å². The van der Waals surface area contributed by atoms with E-state index in [4.69, 9.17) is 11.6 Å². The average Bonchev–Trinajstić information content (AvgIpc) is 2.89. The van der Waals surface area contributed by atoms with Crippen molar-refractivity contribution in [3.05, 3.63) is 58.4 Å². The lowest BCUT2D eigenvalue weighted by Crippen LogP contribution is -2.41. The molecule has 0 aliphatic heterocycles. The van der Waals surface area contributed by atoms with E-state index in [1.165, 1.54) is 0 Å². The molecule has 2 aromatic rings. The Labute approximate surface area is 146 Å². The van der Waals surface area contributed by atoms with E-state index in [1.807, 2.05) is 42.8 Å². The molecule has 0 radical (unpaired) electrons. The normalized spacial score (nSPS) is 10.3. The third-order valence-electron chi connectivity index (χ3n) is 3.72. The average molecular weight is 349 g/mol. The smallest absolute Gasteiger partial charge is 0.315 e. The zero-order valence-corrected chi connectivity index (χ0v) is 14.5. The second-order valence-electron chi connectivity index (χ2n) is 5.46. The van der Waals surface area contributed by atoms with Crippen LogP contribution < -0.4 is 16.0 Å². The number of amides is 3. The Morgan fingerprint density at radius 2 is 1.71 bits per heavy atom. The molecule has 0 aliphatic rings. The maximum Gasteiger partial charge on any atom is 0.315 e. The zero-order chi connectivity index (χ0) is 17.5. The molecule has 3 amide bonds. The first kappa shape index (κ1) is 17.9. The highest BCUT2D eigenvalue weighted by atomic mass is 35.5. The van der Waals surface area contributed by atoms with Gasteiger partial charge in [0, 0.05) is 30.0 Å². The highest BCUT2D eigenvalue weighted by Gasteiger charge is 2.07. The van der Waals surface area contributed by atoms with Gasteiger partial charge in [0.15, 0.2) is 0 Å². The first-order valence-electron chi connectivity index (χ1n) is 7.60. The monoisotopic (exact) mass is 348 g/mol. The third-order valence-corrected chi connectivity index (χ3v) is 3.97. The molecule has 0 fully saturated rings. The van der Waals surface area contributed by atoms with Gasteiger partial charge in [-0.2, -0.15) is 0 Å². The fourth-order valence-electron chi connectivity index (χ4n) is 2.10. The van der Waals surface area contributed by atoms with Crippen molar-refractivity contribution in [2.24, 2.45) is 7.05 Å². The second kappa shape index (κ2) is 8.40. The summed E-state index contributed by atoms with van der Waals surface area (Å²) in [5, 5.41) is 8.63. The van der Waals surface area contributed by atoms with Crippen molar-refractivity contribution >= 4 is 23.5 Å². The second-order valence-corrected chi connectivity index (χ2v) is 5.90. The maximum absolute atomic E-state index is 11.8. The van der Waals surface area contributed by atoms with Crippen LogP contribution in [0.25, 0.3) is 0 Å². The Hall–Kier alpha value is -2.47. The number of nitrogens with one attached hydrogen (secondary N) is 3. The van der Waals surface area contributed by atoms with E-state index in [0.29, 0.717) is 18.1 Å². The summed E-state index contributed by atoms with van der Waals surface area (Å²) in [5.41, 5.74) is 3.06. The molecule has 128 valence electrons. The minimum atomic E-state index is -0.394. The molecule has 3 N–H and O–H groups in total. The molecule has 0 bridgehead atoms. The van der Waals surface area contributed by atoms with Crippen LogP contribution in [0.1, 0.15) is 17.0 Å². The van der Waals surface area contributed by atoms with Crippen LogP contribution in [-0.4, -0.2) is 23.1 Å². The summed E-state index contributed by atoms with van der Waals surface area (Å²) in [6, 6.07) is 10.7. The summed E-state index contributed by atoms with van der Waals surface area (Å²) in [5.74, 6) is -0.240. The van der Waals surface area contributed by atoms with Gasteiger partial charge in [-0.3, -0.25) is 4.79 Å². The van der Waals surface area contributed by atoms with Crippen LogP contribution in [0.3, 0.4) is 0 Å². The van der Waals surface area contributed by atoms with Gasteiger partial charge in [0.1, 0.15) is 0 Å². The van der Waals surface area contributed by atoms with Crippen LogP contribution in [-0.2, 0) is 24.9 Å². The highest BCUT2D eigenvalue weighted by Crippen LogP contribution is 2.09. The molecule has 1 aromatic carbocycles. The predicted molar refractivity (Wildman–Crippen MR) is 93.7 cm³/mol. The van der Waals surface area contributed by atoms with E-state index in [9.17, 15) is 9.59 Å². The Morgan fingerprint density at radius 3 is 2.33 bits per heavy atom. The van der Waals surface area contributed by atoms with E-state index in [1.54, 1.807) is 12.1 Å². The minimum Gasteiger partial charge on any atom is -0.350 e. The SMILES string of the molecule is Cc1ccc(CNC(=O)CNC(=O)NCc2ccc(Cl)cc2)n1C. The van der Waals surface area contributed by atoms with Gasteiger partial charge in [0.25, 0.3) is 0 Å². The Balaban J connectivity index is 1.66. The highest BCUT2D eigenvalue weighted by molar-refractivity contribution is 6.30. The summed E-state index contributed by atoms with van der Waals surface area (Å²) < 4.78 is 2.01. The number of hydrogen-bond acceptors (Lipinski definition) is 2. The van der Waals surface area contributed by atoms with Gasteiger partial charge in [-0.15, -0.1) is 0 Å². The minimum absolute atomic E-state index is 0.0736. The Kier molecular flexibility index (Phi) is 6.26. The standard InChI is InChI=1S/C17H21ClN4O2/c1-12-3-8-15(22(12)2)10-19-16(23)11-21-17(24)20-9-13-4-6-14(18)7-5-13/h3-8H,9-11H2,1-2H3,(H,19,23)(H2,20,21,24). The molecule has 2 rings (SSSR count). The first-order chi connectivity index (χ1) is 11.5. The van der Waals surface area contributed by atoms with Crippen molar-refractivity contribution in [2.75, 3.05) is 6.54 Å². The van der Waals surface area contributed by atoms with Gasteiger partial charge in [-0.1, -0.05) is 23.7 Å². The van der Waals surface area contributed by atoms with Crippen molar-refractivity contribution in [3.8, 4) is 0 Å². The summed E-state index contributed by atoms with van der Waals surface area (Å²) >= 11 is 5.80. The van der Waals surface area contributed by atoms with Crippen LogP contribution in [0, 0.1) is 6.92 Å². The Morgan fingerprint density at radius 1 is 1.00 bits per heavy atom. The summed E-state index contributed by atoms with van der Waals surface area (Å²) in [6.07, 6.45) is 0. The molecule has 24 heavy (non-hydrogen) atoms. The Bertz CT molecular complexity index is 710. The van der Waals surface area contributed by atoms with Crippen LogP contribution in [0.2, 0.25) is 5.02 Å². The number of urea groups is 1. The van der Waals surface area contributed by atoms with Crippen LogP contribution in [0.4, 0.5) is 4.79 Å². The summed E-state index contributed by atoms with van der Waals surface area (Å²) in [4.78, 5) is 23.5. The molecular formula is C17H21ClN4O2. The number of nitrogens with zero attached hydrogens (tertiary/aromatic N) is 1. The molecule has 0 atom stereocenters. The zero-order valence-electron chi connectivity index (χ0n) is 13.7. The van der Waals surface area contributed by atoms with Crippen LogP contribution >= 0.6 is 11.6 Å². The predicted octanol–water partition coefficient (Wildman–Crippen LogP) is 2.10. The number of hydrogen-bond donors (Lipinski definition) is 3.